The predicted molar refractivity (Wildman–Crippen MR) is 64.7 cm³/mol. The molecule has 1 unspecified atom stereocenters. The Bertz CT molecular complexity index is 539. The Hall–Kier alpha value is -1.14. The van der Waals surface area contributed by atoms with E-state index in [-0.39, 0.29) is 17.3 Å². The standard InChI is InChI=1S/C12H15FO4S/c1-8(14)9-2-3-12(11(13)6-9)17-10-4-5-18(15,16)7-10/h2-3,6,8,10,14H,4-5,7H2,1H3/t8-,10?/m1/s1. The number of ether oxygens (including phenoxy) is 1. The SMILES string of the molecule is C[C@@H](O)c1ccc(OC2CCS(=O)(=O)C2)c(F)c1. The first-order valence-electron chi connectivity index (χ1n) is 5.72. The summed E-state index contributed by atoms with van der Waals surface area (Å²) in [4.78, 5) is 0. The maximum Gasteiger partial charge on any atom is 0.165 e. The summed E-state index contributed by atoms with van der Waals surface area (Å²) in [7, 11) is -3.04. The van der Waals surface area contributed by atoms with Crippen LogP contribution in [0, 0.1) is 5.82 Å². The van der Waals surface area contributed by atoms with Crippen LogP contribution in [0.15, 0.2) is 18.2 Å². The third-order valence-corrected chi connectivity index (χ3v) is 4.66. The highest BCUT2D eigenvalue weighted by molar-refractivity contribution is 7.91. The fraction of sp³-hybridized carbons (Fsp3) is 0.500. The van der Waals surface area contributed by atoms with Crippen molar-refractivity contribution in [3.63, 3.8) is 0 Å². The zero-order chi connectivity index (χ0) is 13.3. The molecule has 6 heteroatoms. The molecule has 0 radical (unpaired) electrons. The second kappa shape index (κ2) is 4.85. The van der Waals surface area contributed by atoms with Crippen molar-refractivity contribution in [2.45, 2.75) is 25.6 Å². The van der Waals surface area contributed by atoms with E-state index in [0.717, 1.165) is 0 Å². The van der Waals surface area contributed by atoms with Crippen molar-refractivity contribution in [3.8, 4) is 5.75 Å². The molecule has 1 fully saturated rings. The fourth-order valence-electron chi connectivity index (χ4n) is 1.91. The molecule has 2 rings (SSSR count). The first-order valence-corrected chi connectivity index (χ1v) is 7.54. The van der Waals surface area contributed by atoms with E-state index in [1.807, 2.05) is 0 Å². The third kappa shape index (κ3) is 3.00. The first kappa shape index (κ1) is 13.3. The minimum Gasteiger partial charge on any atom is -0.486 e. The molecule has 2 atom stereocenters. The first-order chi connectivity index (χ1) is 8.37. The average Bonchev–Trinajstić information content (AvgIpc) is 2.61. The number of benzene rings is 1. The molecule has 0 bridgehead atoms. The van der Waals surface area contributed by atoms with Gasteiger partial charge < -0.3 is 9.84 Å². The molecule has 1 heterocycles. The summed E-state index contributed by atoms with van der Waals surface area (Å²) in [5, 5.41) is 9.31. The molecule has 0 saturated carbocycles. The monoisotopic (exact) mass is 274 g/mol. The molecule has 1 saturated heterocycles. The molecular formula is C12H15FO4S. The van der Waals surface area contributed by atoms with Crippen molar-refractivity contribution in [2.75, 3.05) is 11.5 Å². The predicted octanol–water partition coefficient (Wildman–Crippen LogP) is 1.44. The molecule has 1 N–H and O–H groups in total. The number of aliphatic hydroxyl groups is 1. The van der Waals surface area contributed by atoms with E-state index < -0.39 is 27.9 Å². The lowest BCUT2D eigenvalue weighted by Gasteiger charge is -2.14. The van der Waals surface area contributed by atoms with Crippen LogP contribution in [0.4, 0.5) is 4.39 Å². The van der Waals surface area contributed by atoms with E-state index in [4.69, 9.17) is 4.74 Å². The quantitative estimate of drug-likeness (QED) is 0.906. The van der Waals surface area contributed by atoms with Gasteiger partial charge in [-0.2, -0.15) is 0 Å². The van der Waals surface area contributed by atoms with E-state index in [1.54, 1.807) is 13.0 Å². The van der Waals surface area contributed by atoms with E-state index in [1.165, 1.54) is 12.1 Å². The van der Waals surface area contributed by atoms with Gasteiger partial charge in [-0.3, -0.25) is 0 Å². The van der Waals surface area contributed by atoms with Gasteiger partial charge >= 0.3 is 0 Å². The van der Waals surface area contributed by atoms with Gasteiger partial charge in [0.15, 0.2) is 21.4 Å². The van der Waals surface area contributed by atoms with Crippen LogP contribution in [0.1, 0.15) is 25.0 Å². The van der Waals surface area contributed by atoms with Crippen molar-refractivity contribution < 1.29 is 22.7 Å². The van der Waals surface area contributed by atoms with E-state index in [0.29, 0.717) is 12.0 Å². The Kier molecular flexibility index (Phi) is 3.59. The van der Waals surface area contributed by atoms with Crippen molar-refractivity contribution in [3.05, 3.63) is 29.6 Å². The largest absolute Gasteiger partial charge is 0.486 e. The second-order valence-corrected chi connectivity index (χ2v) is 6.74. The normalized spacial score (nSPS) is 23.8. The molecule has 100 valence electrons. The van der Waals surface area contributed by atoms with Crippen molar-refractivity contribution in [1.82, 2.24) is 0 Å². The van der Waals surface area contributed by atoms with Crippen LogP contribution in [0.25, 0.3) is 0 Å². The van der Waals surface area contributed by atoms with E-state index in [9.17, 15) is 17.9 Å². The number of hydrogen-bond donors (Lipinski definition) is 1. The number of sulfone groups is 1. The summed E-state index contributed by atoms with van der Waals surface area (Å²) >= 11 is 0. The van der Waals surface area contributed by atoms with Crippen LogP contribution in [-0.2, 0) is 9.84 Å². The zero-order valence-corrected chi connectivity index (χ0v) is 10.8. The van der Waals surface area contributed by atoms with Crippen LogP contribution in [0.2, 0.25) is 0 Å². The fourth-order valence-corrected chi connectivity index (χ4v) is 3.50. The van der Waals surface area contributed by atoms with Crippen LogP contribution >= 0.6 is 0 Å². The van der Waals surface area contributed by atoms with Gasteiger partial charge in [-0.25, -0.2) is 12.8 Å². The third-order valence-electron chi connectivity index (χ3n) is 2.92. The summed E-state index contributed by atoms with van der Waals surface area (Å²) in [5.41, 5.74) is 0.457. The molecule has 4 nitrogen and oxygen atoms in total. The lowest BCUT2D eigenvalue weighted by molar-refractivity contribution is 0.197. The van der Waals surface area contributed by atoms with Gasteiger partial charge in [0.05, 0.1) is 17.6 Å². The highest BCUT2D eigenvalue weighted by atomic mass is 32.2. The van der Waals surface area contributed by atoms with Gasteiger partial charge in [0.1, 0.15) is 6.10 Å². The van der Waals surface area contributed by atoms with Crippen LogP contribution in [0.5, 0.6) is 5.75 Å². The molecular weight excluding hydrogens is 259 g/mol. The van der Waals surface area contributed by atoms with Gasteiger partial charge in [-0.15, -0.1) is 0 Å². The van der Waals surface area contributed by atoms with Crippen LogP contribution < -0.4 is 4.74 Å². The van der Waals surface area contributed by atoms with Gasteiger partial charge in [-0.05, 0) is 31.0 Å². The van der Waals surface area contributed by atoms with E-state index >= 15 is 0 Å². The molecule has 1 aliphatic heterocycles. The molecule has 18 heavy (non-hydrogen) atoms. The number of hydrogen-bond acceptors (Lipinski definition) is 4. The number of halogens is 1. The number of rotatable bonds is 3. The maximum atomic E-state index is 13.7. The molecule has 1 aromatic carbocycles. The minimum atomic E-state index is -3.04. The topological polar surface area (TPSA) is 63.6 Å². The highest BCUT2D eigenvalue weighted by Gasteiger charge is 2.29. The minimum absolute atomic E-state index is 0.0292. The van der Waals surface area contributed by atoms with Gasteiger partial charge in [0.25, 0.3) is 0 Å². The van der Waals surface area contributed by atoms with Crippen molar-refractivity contribution >= 4 is 9.84 Å². The van der Waals surface area contributed by atoms with Crippen molar-refractivity contribution in [2.24, 2.45) is 0 Å². The summed E-state index contributed by atoms with van der Waals surface area (Å²) in [5.74, 6) is -0.533. The maximum absolute atomic E-state index is 13.7. The Morgan fingerprint density at radius 1 is 1.50 bits per heavy atom. The highest BCUT2D eigenvalue weighted by Crippen LogP contribution is 2.25. The summed E-state index contributed by atoms with van der Waals surface area (Å²) < 4.78 is 41.5. The van der Waals surface area contributed by atoms with Crippen LogP contribution in [-0.4, -0.2) is 31.1 Å². The molecule has 1 aliphatic rings. The second-order valence-electron chi connectivity index (χ2n) is 4.51. The summed E-state index contributed by atoms with van der Waals surface area (Å²) in [6, 6.07) is 4.18. The Morgan fingerprint density at radius 3 is 2.72 bits per heavy atom. The summed E-state index contributed by atoms with van der Waals surface area (Å²) in [6.07, 6.45) is -0.845. The smallest absolute Gasteiger partial charge is 0.165 e. The molecule has 1 aromatic rings. The molecule has 0 spiro atoms. The lowest BCUT2D eigenvalue weighted by Crippen LogP contribution is -2.18. The van der Waals surface area contributed by atoms with Gasteiger partial charge in [-0.1, -0.05) is 6.07 Å². The molecule has 0 aromatic heterocycles. The zero-order valence-electron chi connectivity index (χ0n) is 9.97. The van der Waals surface area contributed by atoms with Gasteiger partial charge in [0.2, 0.25) is 0 Å². The number of aliphatic hydroxyl groups excluding tert-OH is 1. The van der Waals surface area contributed by atoms with Crippen LogP contribution in [0.3, 0.4) is 0 Å². The molecule has 0 aliphatic carbocycles. The average molecular weight is 274 g/mol. The van der Waals surface area contributed by atoms with Gasteiger partial charge in [0, 0.05) is 0 Å². The summed E-state index contributed by atoms with van der Waals surface area (Å²) in [6.45, 7) is 1.54. The Balaban J connectivity index is 2.11. The van der Waals surface area contributed by atoms with E-state index in [2.05, 4.69) is 0 Å². The van der Waals surface area contributed by atoms with Crippen molar-refractivity contribution in [1.29, 1.82) is 0 Å². The molecule has 0 amide bonds. The lowest BCUT2D eigenvalue weighted by atomic mass is 10.1. The Labute approximate surface area is 105 Å². The Morgan fingerprint density at radius 2 is 2.22 bits per heavy atom.